The molecule has 0 aromatic heterocycles. The molecule has 1 rings (SSSR count). The third kappa shape index (κ3) is 2.84. The van der Waals surface area contributed by atoms with Crippen LogP contribution in [0.2, 0.25) is 0 Å². The van der Waals surface area contributed by atoms with Crippen LogP contribution in [0.25, 0.3) is 10.4 Å². The molecule has 0 saturated carbocycles. The second-order valence-electron chi connectivity index (χ2n) is 2.91. The molecule has 2 atom stereocenters. The van der Waals surface area contributed by atoms with Crippen molar-refractivity contribution in [2.24, 2.45) is 5.11 Å². The number of aliphatic hydroxyl groups is 2. The summed E-state index contributed by atoms with van der Waals surface area (Å²) in [6, 6.07) is 6.48. The summed E-state index contributed by atoms with van der Waals surface area (Å²) in [7, 11) is 0. The average molecular weight is 228 g/mol. The largest absolute Gasteiger partial charge is 0.389 e. The molecule has 0 fully saturated rings. The Morgan fingerprint density at radius 3 is 2.67 bits per heavy atom. The van der Waals surface area contributed by atoms with Gasteiger partial charge in [0, 0.05) is 10.6 Å². The zero-order valence-corrected chi connectivity index (χ0v) is 8.54. The minimum atomic E-state index is -1.15. The molecule has 1 aromatic rings. The average Bonchev–Trinajstić information content (AvgIpc) is 2.28. The summed E-state index contributed by atoms with van der Waals surface area (Å²) in [5.41, 5.74) is 8.96. The quantitative estimate of drug-likeness (QED) is 0.358. The Morgan fingerprint density at radius 1 is 1.40 bits per heavy atom. The lowest BCUT2D eigenvalue weighted by molar-refractivity contribution is 0.0331. The summed E-state index contributed by atoms with van der Waals surface area (Å²) >= 11 is 5.41. The number of alkyl halides is 1. The van der Waals surface area contributed by atoms with Gasteiger partial charge >= 0.3 is 0 Å². The van der Waals surface area contributed by atoms with Crippen LogP contribution in [0.4, 0.5) is 5.69 Å². The number of halogens is 1. The predicted molar refractivity (Wildman–Crippen MR) is 56.9 cm³/mol. The summed E-state index contributed by atoms with van der Waals surface area (Å²) in [6.07, 6.45) is -2.23. The molecule has 0 aliphatic heterocycles. The van der Waals surface area contributed by atoms with Crippen molar-refractivity contribution in [3.8, 4) is 0 Å². The molecule has 0 aliphatic carbocycles. The van der Waals surface area contributed by atoms with Gasteiger partial charge in [-0.3, -0.25) is 0 Å². The van der Waals surface area contributed by atoms with Crippen molar-refractivity contribution < 1.29 is 10.2 Å². The van der Waals surface area contributed by atoms with Gasteiger partial charge in [-0.2, -0.15) is 0 Å². The Kier molecular flexibility index (Phi) is 4.39. The Bertz CT molecular complexity index is 379. The Balaban J connectivity index is 3.07. The molecule has 1 aromatic carbocycles. The first-order valence-electron chi connectivity index (χ1n) is 4.26. The first-order valence-corrected chi connectivity index (χ1v) is 4.80. The maximum absolute atomic E-state index is 9.68. The van der Waals surface area contributed by atoms with Crippen molar-refractivity contribution in [3.05, 3.63) is 40.3 Å². The van der Waals surface area contributed by atoms with Crippen molar-refractivity contribution in [2.75, 3.05) is 5.88 Å². The van der Waals surface area contributed by atoms with Gasteiger partial charge in [0.2, 0.25) is 0 Å². The SMILES string of the molecule is [N-]=[N+]=Nc1ccccc1C(O)C(O)CCl. The van der Waals surface area contributed by atoms with Gasteiger partial charge in [0.1, 0.15) is 6.10 Å². The maximum Gasteiger partial charge on any atom is 0.106 e. The lowest BCUT2D eigenvalue weighted by Gasteiger charge is -2.17. The highest BCUT2D eigenvalue weighted by Crippen LogP contribution is 2.27. The number of benzene rings is 1. The van der Waals surface area contributed by atoms with Gasteiger partial charge in [-0.15, -0.1) is 11.6 Å². The van der Waals surface area contributed by atoms with E-state index >= 15 is 0 Å². The molecule has 15 heavy (non-hydrogen) atoms. The molecule has 0 radical (unpaired) electrons. The van der Waals surface area contributed by atoms with Gasteiger partial charge in [-0.25, -0.2) is 0 Å². The third-order valence-corrected chi connectivity index (χ3v) is 2.25. The third-order valence-electron chi connectivity index (χ3n) is 1.93. The first kappa shape index (κ1) is 11.8. The van der Waals surface area contributed by atoms with Crippen LogP contribution in [0.15, 0.2) is 29.4 Å². The van der Waals surface area contributed by atoms with Crippen LogP contribution in [-0.4, -0.2) is 22.2 Å². The zero-order chi connectivity index (χ0) is 11.3. The molecule has 0 aliphatic rings. The smallest absolute Gasteiger partial charge is 0.106 e. The lowest BCUT2D eigenvalue weighted by Crippen LogP contribution is -2.19. The fourth-order valence-corrected chi connectivity index (χ4v) is 1.34. The standard InChI is InChI=1S/C9H10ClN3O2/c10-5-8(14)9(15)6-3-1-2-4-7(6)12-13-11/h1-4,8-9,14-15H,5H2. The second-order valence-corrected chi connectivity index (χ2v) is 3.22. The summed E-state index contributed by atoms with van der Waals surface area (Å²) in [5, 5.41) is 22.4. The monoisotopic (exact) mass is 227 g/mol. The fourth-order valence-electron chi connectivity index (χ4n) is 1.17. The van der Waals surface area contributed by atoms with Crippen molar-refractivity contribution >= 4 is 17.3 Å². The highest BCUT2D eigenvalue weighted by molar-refractivity contribution is 6.18. The van der Waals surface area contributed by atoms with Crippen LogP contribution in [0.5, 0.6) is 0 Å². The van der Waals surface area contributed by atoms with Gasteiger partial charge in [-0.1, -0.05) is 29.4 Å². The number of azide groups is 1. The highest BCUT2D eigenvalue weighted by atomic mass is 35.5. The highest BCUT2D eigenvalue weighted by Gasteiger charge is 2.19. The van der Waals surface area contributed by atoms with Crippen molar-refractivity contribution in [1.82, 2.24) is 0 Å². The van der Waals surface area contributed by atoms with E-state index in [2.05, 4.69) is 10.0 Å². The molecular weight excluding hydrogens is 218 g/mol. The van der Waals surface area contributed by atoms with E-state index in [-0.39, 0.29) is 11.6 Å². The normalized spacial score (nSPS) is 14.1. The van der Waals surface area contributed by atoms with Crippen LogP contribution in [0.1, 0.15) is 11.7 Å². The summed E-state index contributed by atoms with van der Waals surface area (Å²) in [5.74, 6) is -0.0915. The molecule has 0 bridgehead atoms. The Hall–Kier alpha value is -1.26. The minimum Gasteiger partial charge on any atom is -0.389 e. The van der Waals surface area contributed by atoms with Crippen molar-refractivity contribution in [1.29, 1.82) is 0 Å². The molecule has 0 amide bonds. The number of hydrogen-bond acceptors (Lipinski definition) is 3. The molecule has 80 valence electrons. The number of nitrogens with zero attached hydrogens (tertiary/aromatic N) is 3. The van der Waals surface area contributed by atoms with Gasteiger partial charge in [0.25, 0.3) is 0 Å². The molecule has 0 saturated heterocycles. The lowest BCUT2D eigenvalue weighted by atomic mass is 10.0. The Labute approximate surface area is 91.6 Å². The van der Waals surface area contributed by atoms with Crippen molar-refractivity contribution in [3.63, 3.8) is 0 Å². The van der Waals surface area contributed by atoms with Gasteiger partial charge < -0.3 is 10.2 Å². The topological polar surface area (TPSA) is 89.2 Å². The molecular formula is C9H10ClN3O2. The van der Waals surface area contributed by atoms with E-state index in [1.165, 1.54) is 0 Å². The zero-order valence-electron chi connectivity index (χ0n) is 7.79. The predicted octanol–water partition coefficient (Wildman–Crippen LogP) is 2.26. The van der Waals surface area contributed by atoms with E-state index in [0.717, 1.165) is 0 Å². The van der Waals surface area contributed by atoms with Gasteiger partial charge in [0.15, 0.2) is 0 Å². The van der Waals surface area contributed by atoms with E-state index in [0.29, 0.717) is 5.56 Å². The van der Waals surface area contributed by atoms with Crippen LogP contribution in [0.3, 0.4) is 0 Å². The van der Waals surface area contributed by atoms with Crippen LogP contribution in [0, 0.1) is 0 Å². The van der Waals surface area contributed by atoms with E-state index < -0.39 is 12.2 Å². The van der Waals surface area contributed by atoms with Gasteiger partial charge in [0.05, 0.1) is 12.0 Å². The number of rotatable bonds is 4. The number of hydrogen-bond donors (Lipinski definition) is 2. The fraction of sp³-hybridized carbons (Fsp3) is 0.333. The van der Waals surface area contributed by atoms with E-state index in [4.69, 9.17) is 17.1 Å². The number of aliphatic hydroxyl groups excluding tert-OH is 2. The molecule has 6 heteroatoms. The van der Waals surface area contributed by atoms with E-state index in [1.807, 2.05) is 0 Å². The van der Waals surface area contributed by atoms with Crippen LogP contribution >= 0.6 is 11.6 Å². The van der Waals surface area contributed by atoms with Gasteiger partial charge in [-0.05, 0) is 11.1 Å². The van der Waals surface area contributed by atoms with Crippen molar-refractivity contribution in [2.45, 2.75) is 12.2 Å². The summed E-state index contributed by atoms with van der Waals surface area (Å²) in [4.78, 5) is 2.63. The maximum atomic E-state index is 9.68. The minimum absolute atomic E-state index is 0.0915. The summed E-state index contributed by atoms with van der Waals surface area (Å²) in [6.45, 7) is 0. The van der Waals surface area contributed by atoms with E-state index in [9.17, 15) is 10.2 Å². The molecule has 2 N–H and O–H groups in total. The van der Waals surface area contributed by atoms with Crippen LogP contribution in [-0.2, 0) is 0 Å². The molecule has 5 nitrogen and oxygen atoms in total. The Morgan fingerprint density at radius 2 is 2.07 bits per heavy atom. The first-order chi connectivity index (χ1) is 7.20. The van der Waals surface area contributed by atoms with E-state index in [1.54, 1.807) is 24.3 Å². The summed E-state index contributed by atoms with van der Waals surface area (Å²) < 4.78 is 0. The molecule has 0 spiro atoms. The van der Waals surface area contributed by atoms with Crippen LogP contribution < -0.4 is 0 Å². The molecule has 0 heterocycles. The second kappa shape index (κ2) is 5.58. The molecule has 2 unspecified atom stereocenters.